The molecule has 0 aliphatic heterocycles. The average Bonchev–Trinajstić information content (AvgIpc) is 2.91. The molecule has 0 aliphatic carbocycles. The largest absolute Gasteiger partial charge is 0.284 e. The van der Waals surface area contributed by atoms with Gasteiger partial charge in [-0.15, -0.1) is 0 Å². The van der Waals surface area contributed by atoms with Crippen molar-refractivity contribution in [3.05, 3.63) is 46.2 Å². The van der Waals surface area contributed by atoms with Crippen LogP contribution in [0.25, 0.3) is 0 Å². The second-order valence-electron chi connectivity index (χ2n) is 4.30. The molecule has 2 aromatic rings. The first-order valence-corrected chi connectivity index (χ1v) is 7.95. The summed E-state index contributed by atoms with van der Waals surface area (Å²) in [5.41, 5.74) is 0.686. The molecule has 1 N–H and O–H groups in total. The number of nitrogens with one attached hydrogen (secondary N) is 1. The standard InChI is InChI=1S/C12H13Cl2N3O2S/c1-8(11-4-3-9(13)5-12(11)14)17(2)20(18,19)10-6-15-16-7-10/h3-8H,1-2H3,(H,15,16). The molecule has 1 heterocycles. The molecule has 0 saturated heterocycles. The van der Waals surface area contributed by atoms with E-state index in [2.05, 4.69) is 10.2 Å². The number of hydrogen-bond donors (Lipinski definition) is 1. The van der Waals surface area contributed by atoms with Gasteiger partial charge in [0.15, 0.2) is 0 Å². The number of benzene rings is 1. The van der Waals surface area contributed by atoms with Gasteiger partial charge in [0.05, 0.1) is 6.20 Å². The van der Waals surface area contributed by atoms with Crippen molar-refractivity contribution in [2.45, 2.75) is 17.9 Å². The highest BCUT2D eigenvalue weighted by Crippen LogP contribution is 2.31. The average molecular weight is 334 g/mol. The fraction of sp³-hybridized carbons (Fsp3) is 0.250. The summed E-state index contributed by atoms with van der Waals surface area (Å²) in [7, 11) is -2.12. The zero-order chi connectivity index (χ0) is 14.9. The van der Waals surface area contributed by atoms with Gasteiger partial charge in [-0.3, -0.25) is 5.10 Å². The Balaban J connectivity index is 2.36. The first kappa shape index (κ1) is 15.3. The van der Waals surface area contributed by atoms with Crippen LogP contribution in [-0.4, -0.2) is 30.0 Å². The molecule has 0 radical (unpaired) electrons. The summed E-state index contributed by atoms with van der Waals surface area (Å²) >= 11 is 12.0. The second-order valence-corrected chi connectivity index (χ2v) is 7.14. The second kappa shape index (κ2) is 5.73. The lowest BCUT2D eigenvalue weighted by atomic mass is 10.1. The number of H-pyrrole nitrogens is 1. The third-order valence-corrected chi connectivity index (χ3v) is 5.56. The van der Waals surface area contributed by atoms with Gasteiger partial charge in [0.25, 0.3) is 0 Å². The summed E-state index contributed by atoms with van der Waals surface area (Å²) < 4.78 is 26.0. The van der Waals surface area contributed by atoms with Crippen molar-refractivity contribution in [3.63, 3.8) is 0 Å². The fourth-order valence-corrected chi connectivity index (χ4v) is 3.61. The van der Waals surface area contributed by atoms with Crippen LogP contribution < -0.4 is 0 Å². The molecule has 108 valence electrons. The van der Waals surface area contributed by atoms with Gasteiger partial charge < -0.3 is 0 Å². The number of nitrogens with zero attached hydrogens (tertiary/aromatic N) is 2. The molecule has 5 nitrogen and oxygen atoms in total. The van der Waals surface area contributed by atoms with E-state index in [0.29, 0.717) is 15.6 Å². The van der Waals surface area contributed by atoms with Gasteiger partial charge in [0, 0.05) is 29.3 Å². The number of rotatable bonds is 4. The number of halogens is 2. The molecule has 0 fully saturated rings. The monoisotopic (exact) mass is 333 g/mol. The number of aromatic amines is 1. The van der Waals surface area contributed by atoms with E-state index in [1.807, 2.05) is 0 Å². The third kappa shape index (κ3) is 2.83. The summed E-state index contributed by atoms with van der Waals surface area (Å²) in [6.45, 7) is 1.76. The predicted octanol–water partition coefficient (Wildman–Crippen LogP) is 3.10. The van der Waals surface area contributed by atoms with Crippen LogP contribution in [0.4, 0.5) is 0 Å². The van der Waals surface area contributed by atoms with Crippen molar-refractivity contribution in [2.75, 3.05) is 7.05 Å². The van der Waals surface area contributed by atoms with E-state index < -0.39 is 16.1 Å². The minimum atomic E-state index is -3.62. The number of hydrogen-bond acceptors (Lipinski definition) is 3. The molecule has 0 spiro atoms. The SMILES string of the molecule is CC(c1ccc(Cl)cc1Cl)N(C)S(=O)(=O)c1cn[nH]c1. The molecule has 0 amide bonds. The van der Waals surface area contributed by atoms with Crippen LogP contribution in [0.15, 0.2) is 35.5 Å². The highest BCUT2D eigenvalue weighted by Gasteiger charge is 2.28. The lowest BCUT2D eigenvalue weighted by Gasteiger charge is -2.24. The van der Waals surface area contributed by atoms with Gasteiger partial charge in [-0.2, -0.15) is 9.40 Å². The Bertz CT molecular complexity index is 701. The van der Waals surface area contributed by atoms with Gasteiger partial charge in [-0.1, -0.05) is 29.3 Å². The maximum absolute atomic E-state index is 12.4. The number of aromatic nitrogens is 2. The van der Waals surface area contributed by atoms with Crippen LogP contribution in [0.5, 0.6) is 0 Å². The normalized spacial score (nSPS) is 13.7. The van der Waals surface area contributed by atoms with Crippen LogP contribution in [0.2, 0.25) is 10.0 Å². The van der Waals surface area contributed by atoms with Crippen molar-refractivity contribution in [2.24, 2.45) is 0 Å². The quantitative estimate of drug-likeness (QED) is 0.934. The van der Waals surface area contributed by atoms with Gasteiger partial charge >= 0.3 is 0 Å². The molecule has 20 heavy (non-hydrogen) atoms. The number of sulfonamides is 1. The molecule has 0 saturated carbocycles. The van der Waals surface area contributed by atoms with Crippen LogP contribution in [0.1, 0.15) is 18.5 Å². The van der Waals surface area contributed by atoms with Gasteiger partial charge in [-0.05, 0) is 24.6 Å². The minimum Gasteiger partial charge on any atom is -0.284 e. The maximum Gasteiger partial charge on any atom is 0.246 e. The molecule has 1 unspecified atom stereocenters. The van der Waals surface area contributed by atoms with E-state index in [-0.39, 0.29) is 4.90 Å². The van der Waals surface area contributed by atoms with Crippen molar-refractivity contribution >= 4 is 33.2 Å². The highest BCUT2D eigenvalue weighted by atomic mass is 35.5. The summed E-state index contributed by atoms with van der Waals surface area (Å²) in [5, 5.41) is 7.08. The topological polar surface area (TPSA) is 66.1 Å². The van der Waals surface area contributed by atoms with Crippen molar-refractivity contribution in [1.82, 2.24) is 14.5 Å². The summed E-state index contributed by atoms with van der Waals surface area (Å²) in [5.74, 6) is 0. The van der Waals surface area contributed by atoms with E-state index in [9.17, 15) is 8.42 Å². The van der Waals surface area contributed by atoms with Gasteiger partial charge in [0.2, 0.25) is 10.0 Å². The van der Waals surface area contributed by atoms with Gasteiger partial charge in [-0.25, -0.2) is 8.42 Å². The molecule has 1 aromatic heterocycles. The molecule has 2 rings (SSSR count). The smallest absolute Gasteiger partial charge is 0.246 e. The van der Waals surface area contributed by atoms with Crippen molar-refractivity contribution < 1.29 is 8.42 Å². The predicted molar refractivity (Wildman–Crippen MR) is 78.4 cm³/mol. The van der Waals surface area contributed by atoms with Crippen LogP contribution in [0.3, 0.4) is 0 Å². The Hall–Kier alpha value is -1.08. The van der Waals surface area contributed by atoms with E-state index in [1.54, 1.807) is 25.1 Å². The Morgan fingerprint density at radius 1 is 1.35 bits per heavy atom. The molecule has 0 bridgehead atoms. The molecule has 8 heteroatoms. The van der Waals surface area contributed by atoms with Crippen molar-refractivity contribution in [3.8, 4) is 0 Å². The molecular formula is C12H13Cl2N3O2S. The third-order valence-electron chi connectivity index (χ3n) is 3.11. The molecule has 1 atom stereocenters. The Morgan fingerprint density at radius 3 is 2.60 bits per heavy atom. The fourth-order valence-electron chi connectivity index (χ4n) is 1.79. The molecule has 0 aliphatic rings. The van der Waals surface area contributed by atoms with Crippen LogP contribution >= 0.6 is 23.2 Å². The summed E-state index contributed by atoms with van der Waals surface area (Å²) in [6.07, 6.45) is 2.60. The van der Waals surface area contributed by atoms with E-state index >= 15 is 0 Å². The lowest BCUT2D eigenvalue weighted by molar-refractivity contribution is 0.398. The Morgan fingerprint density at radius 2 is 2.05 bits per heavy atom. The maximum atomic E-state index is 12.4. The van der Waals surface area contributed by atoms with E-state index in [1.165, 1.54) is 23.7 Å². The van der Waals surface area contributed by atoms with Gasteiger partial charge in [0.1, 0.15) is 4.90 Å². The van der Waals surface area contributed by atoms with E-state index in [0.717, 1.165) is 0 Å². The Kier molecular flexibility index (Phi) is 4.39. The summed E-state index contributed by atoms with van der Waals surface area (Å²) in [6, 6.07) is 4.56. The zero-order valence-electron chi connectivity index (χ0n) is 10.8. The van der Waals surface area contributed by atoms with Crippen molar-refractivity contribution in [1.29, 1.82) is 0 Å². The minimum absolute atomic E-state index is 0.108. The first-order chi connectivity index (χ1) is 9.34. The van der Waals surface area contributed by atoms with Crippen LogP contribution in [0, 0.1) is 0 Å². The lowest BCUT2D eigenvalue weighted by Crippen LogP contribution is -2.29. The molecule has 1 aromatic carbocycles. The zero-order valence-corrected chi connectivity index (χ0v) is 13.2. The molecular weight excluding hydrogens is 321 g/mol. The highest BCUT2D eigenvalue weighted by molar-refractivity contribution is 7.89. The van der Waals surface area contributed by atoms with Crippen LogP contribution in [-0.2, 0) is 10.0 Å². The Labute approximate surface area is 127 Å². The van der Waals surface area contributed by atoms with E-state index in [4.69, 9.17) is 23.2 Å². The summed E-state index contributed by atoms with van der Waals surface area (Å²) in [4.78, 5) is 0.108. The first-order valence-electron chi connectivity index (χ1n) is 5.76.